The van der Waals surface area contributed by atoms with Gasteiger partial charge in [-0.05, 0) is 31.3 Å². The van der Waals surface area contributed by atoms with Crippen LogP contribution < -0.4 is 5.56 Å². The minimum Gasteiger partial charge on any atom is -0.302 e. The highest BCUT2D eigenvalue weighted by Crippen LogP contribution is 2.19. The van der Waals surface area contributed by atoms with Gasteiger partial charge in [-0.2, -0.15) is 5.10 Å². The number of non-ortho nitro benzene ring substituents is 1. The standard InChI is InChI=1S/C16H20N4O3/c1-3-18(4-2)11-12-19-16(21)10-9-15(17-19)13-5-7-14(8-6-13)20(22)23/h5-10H,3-4,11-12H2,1-2H3. The van der Waals surface area contributed by atoms with Gasteiger partial charge in [-0.3, -0.25) is 14.9 Å². The van der Waals surface area contributed by atoms with Crippen LogP contribution in [-0.4, -0.2) is 39.2 Å². The minimum absolute atomic E-state index is 0.0311. The SMILES string of the molecule is CCN(CC)CCn1nc(-c2ccc([N+](=O)[O-])cc2)ccc1=O. The summed E-state index contributed by atoms with van der Waals surface area (Å²) >= 11 is 0. The summed E-state index contributed by atoms with van der Waals surface area (Å²) in [6, 6.07) is 9.26. The van der Waals surface area contributed by atoms with Crippen LogP contribution in [0.4, 0.5) is 5.69 Å². The Bertz CT molecular complexity index is 721. The minimum atomic E-state index is -0.442. The summed E-state index contributed by atoms with van der Waals surface area (Å²) in [6.45, 7) is 7.27. The molecule has 1 aromatic carbocycles. The molecule has 0 N–H and O–H groups in total. The van der Waals surface area contributed by atoms with Gasteiger partial charge in [-0.1, -0.05) is 13.8 Å². The van der Waals surface area contributed by atoms with E-state index >= 15 is 0 Å². The number of hydrogen-bond donors (Lipinski definition) is 0. The van der Waals surface area contributed by atoms with Crippen molar-refractivity contribution in [3.63, 3.8) is 0 Å². The molecular formula is C16H20N4O3. The van der Waals surface area contributed by atoms with Gasteiger partial charge in [0.15, 0.2) is 0 Å². The maximum Gasteiger partial charge on any atom is 0.269 e. The van der Waals surface area contributed by atoms with E-state index in [1.807, 2.05) is 0 Å². The summed E-state index contributed by atoms with van der Waals surface area (Å²) in [5.41, 5.74) is 1.25. The van der Waals surface area contributed by atoms with Crippen LogP contribution in [0.5, 0.6) is 0 Å². The lowest BCUT2D eigenvalue weighted by atomic mass is 10.1. The highest BCUT2D eigenvalue weighted by molar-refractivity contribution is 5.60. The molecular weight excluding hydrogens is 296 g/mol. The average Bonchev–Trinajstić information content (AvgIpc) is 2.57. The lowest BCUT2D eigenvalue weighted by molar-refractivity contribution is -0.384. The first-order chi connectivity index (χ1) is 11.0. The smallest absolute Gasteiger partial charge is 0.269 e. The average molecular weight is 316 g/mol. The summed E-state index contributed by atoms with van der Waals surface area (Å²) in [7, 11) is 0. The molecule has 1 aromatic heterocycles. The molecule has 0 aliphatic rings. The van der Waals surface area contributed by atoms with Crippen LogP contribution >= 0.6 is 0 Å². The van der Waals surface area contributed by atoms with Crippen molar-refractivity contribution in [3.8, 4) is 11.3 Å². The van der Waals surface area contributed by atoms with Crippen LogP contribution in [-0.2, 0) is 6.54 Å². The van der Waals surface area contributed by atoms with Crippen LogP contribution in [0.15, 0.2) is 41.2 Å². The van der Waals surface area contributed by atoms with Crippen LogP contribution in [0.2, 0.25) is 0 Å². The highest BCUT2D eigenvalue weighted by Gasteiger charge is 2.08. The molecule has 0 saturated heterocycles. The Labute approximate surface area is 134 Å². The van der Waals surface area contributed by atoms with Crippen molar-refractivity contribution in [2.24, 2.45) is 0 Å². The van der Waals surface area contributed by atoms with E-state index in [0.29, 0.717) is 12.2 Å². The molecule has 0 saturated carbocycles. The second kappa shape index (κ2) is 7.64. The molecule has 2 aromatic rings. The van der Waals surface area contributed by atoms with E-state index < -0.39 is 4.92 Å². The van der Waals surface area contributed by atoms with Crippen molar-refractivity contribution in [2.75, 3.05) is 19.6 Å². The first kappa shape index (κ1) is 16.8. The summed E-state index contributed by atoms with van der Waals surface area (Å²) in [5.74, 6) is 0. The highest BCUT2D eigenvalue weighted by atomic mass is 16.6. The zero-order chi connectivity index (χ0) is 16.8. The first-order valence-electron chi connectivity index (χ1n) is 7.60. The van der Waals surface area contributed by atoms with Crippen LogP contribution in [0.1, 0.15) is 13.8 Å². The predicted octanol–water partition coefficient (Wildman–Crippen LogP) is 2.16. The molecule has 7 nitrogen and oxygen atoms in total. The molecule has 7 heteroatoms. The van der Waals surface area contributed by atoms with E-state index in [1.54, 1.807) is 18.2 Å². The first-order valence-corrected chi connectivity index (χ1v) is 7.60. The fourth-order valence-electron chi connectivity index (χ4n) is 2.29. The molecule has 1 heterocycles. The largest absolute Gasteiger partial charge is 0.302 e. The Morgan fingerprint density at radius 3 is 2.35 bits per heavy atom. The van der Waals surface area contributed by atoms with Gasteiger partial charge in [0, 0.05) is 30.3 Å². The van der Waals surface area contributed by atoms with Crippen molar-refractivity contribution < 1.29 is 4.92 Å². The number of benzene rings is 1. The molecule has 2 rings (SSSR count). The van der Waals surface area contributed by atoms with Crippen molar-refractivity contribution in [1.29, 1.82) is 0 Å². The van der Waals surface area contributed by atoms with E-state index in [1.165, 1.54) is 22.9 Å². The van der Waals surface area contributed by atoms with Crippen molar-refractivity contribution in [3.05, 3.63) is 56.9 Å². The van der Waals surface area contributed by atoms with Gasteiger partial charge in [0.25, 0.3) is 11.2 Å². The van der Waals surface area contributed by atoms with Crippen LogP contribution in [0.25, 0.3) is 11.3 Å². The van der Waals surface area contributed by atoms with E-state index in [9.17, 15) is 14.9 Å². The van der Waals surface area contributed by atoms with Crippen molar-refractivity contribution in [1.82, 2.24) is 14.7 Å². The fourth-order valence-corrected chi connectivity index (χ4v) is 2.29. The van der Waals surface area contributed by atoms with E-state index in [4.69, 9.17) is 0 Å². The second-order valence-electron chi connectivity index (χ2n) is 5.11. The lowest BCUT2D eigenvalue weighted by Crippen LogP contribution is -2.31. The predicted molar refractivity (Wildman–Crippen MR) is 88.4 cm³/mol. The van der Waals surface area contributed by atoms with Crippen molar-refractivity contribution in [2.45, 2.75) is 20.4 Å². The number of rotatable bonds is 7. The maximum absolute atomic E-state index is 11.9. The Morgan fingerprint density at radius 1 is 1.13 bits per heavy atom. The quantitative estimate of drug-likeness (QED) is 0.577. The normalized spacial score (nSPS) is 10.9. The van der Waals surface area contributed by atoms with E-state index in [0.717, 1.165) is 25.2 Å². The molecule has 0 unspecified atom stereocenters. The van der Waals surface area contributed by atoms with Gasteiger partial charge in [0.1, 0.15) is 0 Å². The Morgan fingerprint density at radius 2 is 1.78 bits per heavy atom. The molecule has 23 heavy (non-hydrogen) atoms. The molecule has 0 spiro atoms. The van der Waals surface area contributed by atoms with E-state index in [-0.39, 0.29) is 11.2 Å². The Balaban J connectivity index is 2.22. The fraction of sp³-hybridized carbons (Fsp3) is 0.375. The Kier molecular flexibility index (Phi) is 5.59. The molecule has 0 radical (unpaired) electrons. The molecule has 0 atom stereocenters. The number of nitro benzene ring substituents is 1. The zero-order valence-corrected chi connectivity index (χ0v) is 13.3. The maximum atomic E-state index is 11.9. The molecule has 0 aliphatic carbocycles. The number of nitro groups is 1. The summed E-state index contributed by atoms with van der Waals surface area (Å²) in [5, 5.41) is 15.1. The molecule has 0 bridgehead atoms. The number of aromatic nitrogens is 2. The van der Waals surface area contributed by atoms with Gasteiger partial charge < -0.3 is 4.90 Å². The third-order valence-electron chi connectivity index (χ3n) is 3.76. The number of nitrogens with zero attached hydrogens (tertiary/aromatic N) is 4. The molecule has 122 valence electrons. The van der Waals surface area contributed by atoms with E-state index in [2.05, 4.69) is 23.8 Å². The van der Waals surface area contributed by atoms with Gasteiger partial charge in [0.05, 0.1) is 17.2 Å². The van der Waals surface area contributed by atoms with Gasteiger partial charge in [-0.15, -0.1) is 0 Å². The number of likely N-dealkylation sites (N-methyl/N-ethyl adjacent to an activating group) is 1. The molecule has 0 aliphatic heterocycles. The molecule has 0 fully saturated rings. The third-order valence-corrected chi connectivity index (χ3v) is 3.76. The topological polar surface area (TPSA) is 81.3 Å². The lowest BCUT2D eigenvalue weighted by Gasteiger charge is -2.18. The Hall–Kier alpha value is -2.54. The molecule has 0 amide bonds. The monoisotopic (exact) mass is 316 g/mol. The number of hydrogen-bond acceptors (Lipinski definition) is 5. The van der Waals surface area contributed by atoms with Gasteiger partial charge >= 0.3 is 0 Å². The summed E-state index contributed by atoms with van der Waals surface area (Å²) in [4.78, 5) is 24.4. The second-order valence-corrected chi connectivity index (χ2v) is 5.11. The summed E-state index contributed by atoms with van der Waals surface area (Å²) in [6.07, 6.45) is 0. The van der Waals surface area contributed by atoms with Crippen LogP contribution in [0.3, 0.4) is 0 Å². The van der Waals surface area contributed by atoms with Crippen LogP contribution in [0, 0.1) is 10.1 Å². The van der Waals surface area contributed by atoms with Crippen molar-refractivity contribution >= 4 is 5.69 Å². The van der Waals surface area contributed by atoms with Gasteiger partial charge in [0.2, 0.25) is 0 Å². The summed E-state index contributed by atoms with van der Waals surface area (Å²) < 4.78 is 1.44. The third kappa shape index (κ3) is 4.23. The van der Waals surface area contributed by atoms with Gasteiger partial charge in [-0.25, -0.2) is 4.68 Å². The zero-order valence-electron chi connectivity index (χ0n) is 13.3.